The SMILES string of the molecule is CC.CCN(C)CCc1cc(C(=O)OC)c(O)cc1C.COC(=O)c1cc(CCBr)c(C)cc1O. The highest BCUT2D eigenvalue weighted by atomic mass is 79.9. The van der Waals surface area contributed by atoms with Crippen LogP contribution in [0.2, 0.25) is 0 Å². The van der Waals surface area contributed by atoms with Gasteiger partial charge in [0.1, 0.15) is 22.6 Å². The lowest BCUT2D eigenvalue weighted by atomic mass is 10.0. The number of likely N-dealkylation sites (N-methyl/N-ethyl adjacent to an activating group) is 1. The summed E-state index contributed by atoms with van der Waals surface area (Å²) in [6.45, 7) is 11.8. The molecule has 0 bridgehead atoms. The van der Waals surface area contributed by atoms with Crippen LogP contribution in [0.3, 0.4) is 0 Å². The number of hydrogen-bond donors (Lipinski definition) is 2. The number of benzene rings is 2. The Labute approximate surface area is 218 Å². The van der Waals surface area contributed by atoms with E-state index in [9.17, 15) is 19.8 Å². The van der Waals surface area contributed by atoms with E-state index in [0.717, 1.165) is 53.5 Å². The summed E-state index contributed by atoms with van der Waals surface area (Å²) in [5.41, 5.74) is 4.51. The van der Waals surface area contributed by atoms with Gasteiger partial charge in [-0.05, 0) is 86.8 Å². The monoisotopic (exact) mass is 553 g/mol. The number of rotatable bonds is 8. The number of carbonyl (C=O) groups excluding carboxylic acids is 2. The van der Waals surface area contributed by atoms with Crippen molar-refractivity contribution in [3.63, 3.8) is 0 Å². The van der Waals surface area contributed by atoms with Gasteiger partial charge in [0.05, 0.1) is 14.2 Å². The molecule has 0 aliphatic carbocycles. The Morgan fingerprint density at radius 2 is 1.26 bits per heavy atom. The second kappa shape index (κ2) is 16.9. The van der Waals surface area contributed by atoms with Crippen LogP contribution in [-0.4, -0.2) is 66.7 Å². The molecule has 0 aliphatic heterocycles. The van der Waals surface area contributed by atoms with Crippen molar-refractivity contribution in [3.8, 4) is 11.5 Å². The van der Waals surface area contributed by atoms with Gasteiger partial charge in [0.15, 0.2) is 0 Å². The van der Waals surface area contributed by atoms with Crippen LogP contribution in [0, 0.1) is 13.8 Å². The molecular weight excluding hydrogens is 514 g/mol. The van der Waals surface area contributed by atoms with Gasteiger partial charge in [-0.3, -0.25) is 0 Å². The first-order valence-corrected chi connectivity index (χ1v) is 12.8. The number of hydrogen-bond acceptors (Lipinski definition) is 7. The van der Waals surface area contributed by atoms with E-state index in [4.69, 9.17) is 0 Å². The lowest BCUT2D eigenvalue weighted by Crippen LogP contribution is -2.20. The summed E-state index contributed by atoms with van der Waals surface area (Å²) in [6.07, 6.45) is 1.66. The highest BCUT2D eigenvalue weighted by molar-refractivity contribution is 9.09. The van der Waals surface area contributed by atoms with Crippen LogP contribution in [0.4, 0.5) is 0 Å². The van der Waals surface area contributed by atoms with E-state index in [1.165, 1.54) is 14.2 Å². The smallest absolute Gasteiger partial charge is 0.341 e. The van der Waals surface area contributed by atoms with Crippen molar-refractivity contribution in [2.75, 3.05) is 39.7 Å². The van der Waals surface area contributed by atoms with Crippen LogP contribution < -0.4 is 0 Å². The maximum atomic E-state index is 11.5. The standard InChI is InChI=1S/C14H21NO3.C11H13BrO3.C2H6/c1-5-15(3)7-6-11-9-12(14(17)18-4)13(16)8-10(11)2;1-7-5-10(13)9(11(14)15-2)6-8(7)3-4-12;1-2/h8-9,16H,5-7H2,1-4H3;5-6,13H,3-4H2,1-2H3;1-2H3. The van der Waals surface area contributed by atoms with Crippen molar-refractivity contribution in [3.05, 3.63) is 57.6 Å². The molecule has 0 atom stereocenters. The number of halogens is 1. The number of esters is 2. The minimum Gasteiger partial charge on any atom is -0.507 e. The molecule has 7 nitrogen and oxygen atoms in total. The maximum absolute atomic E-state index is 11.5. The van der Waals surface area contributed by atoms with Gasteiger partial charge in [0.25, 0.3) is 0 Å². The number of nitrogens with zero attached hydrogens (tertiary/aromatic N) is 1. The molecule has 0 heterocycles. The zero-order valence-electron chi connectivity index (χ0n) is 22.2. The fourth-order valence-electron chi connectivity index (χ4n) is 3.13. The van der Waals surface area contributed by atoms with E-state index in [-0.39, 0.29) is 22.6 Å². The topological polar surface area (TPSA) is 96.3 Å². The van der Waals surface area contributed by atoms with Crippen LogP contribution in [0.15, 0.2) is 24.3 Å². The molecular formula is C27H40BrNO6. The molecule has 35 heavy (non-hydrogen) atoms. The van der Waals surface area contributed by atoms with Gasteiger partial charge in [0, 0.05) is 11.9 Å². The van der Waals surface area contributed by atoms with E-state index < -0.39 is 11.9 Å². The molecule has 196 valence electrons. The largest absolute Gasteiger partial charge is 0.507 e. The van der Waals surface area contributed by atoms with Gasteiger partial charge in [-0.1, -0.05) is 36.7 Å². The Morgan fingerprint density at radius 1 is 0.857 bits per heavy atom. The minimum atomic E-state index is -0.511. The second-order valence-electron chi connectivity index (χ2n) is 7.66. The van der Waals surface area contributed by atoms with Gasteiger partial charge in [-0.25, -0.2) is 9.59 Å². The molecule has 2 N–H and O–H groups in total. The lowest BCUT2D eigenvalue weighted by Gasteiger charge is -2.15. The molecule has 0 amide bonds. The van der Waals surface area contributed by atoms with E-state index >= 15 is 0 Å². The molecule has 2 rings (SSSR count). The molecule has 0 aromatic heterocycles. The number of aryl methyl sites for hydroxylation is 3. The average molecular weight is 555 g/mol. The predicted octanol–water partition coefficient (Wildman–Crippen LogP) is 5.43. The Bertz CT molecular complexity index is 961. The Morgan fingerprint density at radius 3 is 1.60 bits per heavy atom. The number of carbonyl (C=O) groups is 2. The third-order valence-corrected chi connectivity index (χ3v) is 5.78. The number of methoxy groups -OCH3 is 2. The number of ether oxygens (including phenoxy) is 2. The van der Waals surface area contributed by atoms with Crippen LogP contribution in [0.1, 0.15) is 63.7 Å². The zero-order chi connectivity index (χ0) is 27.1. The van der Waals surface area contributed by atoms with Crippen LogP contribution in [0.25, 0.3) is 0 Å². The maximum Gasteiger partial charge on any atom is 0.341 e. The Hall–Kier alpha value is -2.58. The minimum absolute atomic E-state index is 0.0213. The molecule has 0 radical (unpaired) electrons. The summed E-state index contributed by atoms with van der Waals surface area (Å²) in [5.74, 6) is -1.06. The van der Waals surface area contributed by atoms with Gasteiger partial charge in [-0.15, -0.1) is 0 Å². The van der Waals surface area contributed by atoms with E-state index in [1.54, 1.807) is 24.3 Å². The van der Waals surface area contributed by atoms with E-state index in [2.05, 4.69) is 44.3 Å². The number of phenols is 2. The first-order valence-electron chi connectivity index (χ1n) is 11.7. The van der Waals surface area contributed by atoms with Crippen LogP contribution in [-0.2, 0) is 22.3 Å². The van der Waals surface area contributed by atoms with Gasteiger partial charge in [0.2, 0.25) is 0 Å². The van der Waals surface area contributed by atoms with Crippen molar-refractivity contribution in [1.29, 1.82) is 0 Å². The third-order valence-electron chi connectivity index (χ3n) is 5.39. The molecule has 0 saturated carbocycles. The molecule has 2 aromatic carbocycles. The third kappa shape index (κ3) is 10.3. The number of alkyl halides is 1. The van der Waals surface area contributed by atoms with Crippen molar-refractivity contribution in [2.45, 2.75) is 47.5 Å². The quantitative estimate of drug-likeness (QED) is 0.332. The summed E-state index contributed by atoms with van der Waals surface area (Å²) in [6, 6.07) is 6.61. The Balaban J connectivity index is 0.000000625. The van der Waals surface area contributed by atoms with Crippen molar-refractivity contribution in [2.24, 2.45) is 0 Å². The van der Waals surface area contributed by atoms with Crippen molar-refractivity contribution >= 4 is 27.9 Å². The number of aromatic hydroxyl groups is 2. The first kappa shape index (κ1) is 32.4. The predicted molar refractivity (Wildman–Crippen MR) is 144 cm³/mol. The van der Waals surface area contributed by atoms with Crippen LogP contribution in [0.5, 0.6) is 11.5 Å². The number of phenolic OH excluding ortho intramolecular Hbond substituents is 2. The van der Waals surface area contributed by atoms with E-state index in [1.807, 2.05) is 27.7 Å². The highest BCUT2D eigenvalue weighted by Gasteiger charge is 2.15. The molecule has 8 heteroatoms. The first-order chi connectivity index (χ1) is 16.6. The van der Waals surface area contributed by atoms with E-state index in [0.29, 0.717) is 0 Å². The normalized spacial score (nSPS) is 10.0. The second-order valence-corrected chi connectivity index (χ2v) is 8.45. The average Bonchev–Trinajstić information content (AvgIpc) is 2.85. The molecule has 2 aromatic rings. The van der Waals surface area contributed by atoms with Gasteiger partial charge in [-0.2, -0.15) is 0 Å². The molecule has 0 saturated heterocycles. The Kier molecular flexibility index (Phi) is 15.7. The molecule has 0 fully saturated rings. The summed E-state index contributed by atoms with van der Waals surface area (Å²) in [4.78, 5) is 25.0. The zero-order valence-corrected chi connectivity index (χ0v) is 23.8. The fraction of sp³-hybridized carbons (Fsp3) is 0.481. The van der Waals surface area contributed by atoms with Crippen molar-refractivity contribution < 1.29 is 29.3 Å². The lowest BCUT2D eigenvalue weighted by molar-refractivity contribution is 0.0588. The molecule has 0 unspecified atom stereocenters. The van der Waals surface area contributed by atoms with Gasteiger partial charge < -0.3 is 24.6 Å². The molecule has 0 spiro atoms. The summed E-state index contributed by atoms with van der Waals surface area (Å²) < 4.78 is 9.23. The summed E-state index contributed by atoms with van der Waals surface area (Å²) >= 11 is 3.34. The van der Waals surface area contributed by atoms with Crippen molar-refractivity contribution in [1.82, 2.24) is 4.90 Å². The molecule has 0 aliphatic rings. The summed E-state index contributed by atoms with van der Waals surface area (Å²) in [5, 5.41) is 20.1. The summed E-state index contributed by atoms with van der Waals surface area (Å²) in [7, 11) is 4.66. The van der Waals surface area contributed by atoms with Gasteiger partial charge >= 0.3 is 11.9 Å². The highest BCUT2D eigenvalue weighted by Crippen LogP contribution is 2.24. The van der Waals surface area contributed by atoms with Crippen LogP contribution >= 0.6 is 15.9 Å². The fourth-order valence-corrected chi connectivity index (χ4v) is 3.56.